The molecule has 3 atom stereocenters. The Balaban J connectivity index is 2.34. The van der Waals surface area contributed by atoms with Crippen molar-refractivity contribution in [3.05, 3.63) is 85.0 Å². The minimum atomic E-state index is -2.88. The summed E-state index contributed by atoms with van der Waals surface area (Å²) >= 11 is 0. The molecule has 0 N–H and O–H groups in total. The first kappa shape index (κ1) is 35.4. The molecule has 0 bridgehead atoms. The van der Waals surface area contributed by atoms with Crippen LogP contribution in [0.1, 0.15) is 88.5 Å². The average Bonchev–Trinajstić information content (AvgIpc) is 3.18. The molecule has 0 radical (unpaired) electrons. The van der Waals surface area contributed by atoms with Gasteiger partial charge in [-0.25, -0.2) is 0 Å². The molecular weight excluding hydrogens is 561 g/mol. The van der Waals surface area contributed by atoms with E-state index in [0.29, 0.717) is 12.0 Å². The lowest BCUT2D eigenvalue weighted by Gasteiger charge is -2.53. The topological polar surface area (TPSA) is 35.5 Å². The van der Waals surface area contributed by atoms with Gasteiger partial charge in [0.2, 0.25) is 0 Å². The largest absolute Gasteiger partial charge is 0.410 e. The number of carbonyl (C=O) groups excluding carboxylic acids is 1. The fourth-order valence-corrected chi connectivity index (χ4v) is 15.7. The fourth-order valence-electron chi connectivity index (χ4n) is 7.64. The first-order valence-electron chi connectivity index (χ1n) is 16.4. The van der Waals surface area contributed by atoms with Gasteiger partial charge in [-0.05, 0) is 72.2 Å². The molecule has 0 heterocycles. The number of benzene rings is 2. The fraction of sp³-hybridized carbons (Fsp3) is 0.553. The number of allylic oxidation sites excluding steroid dienone is 2. The van der Waals surface area contributed by atoms with Crippen molar-refractivity contribution in [1.82, 2.24) is 0 Å². The van der Waals surface area contributed by atoms with E-state index < -0.39 is 27.7 Å². The molecule has 2 aromatic rings. The number of ketones is 1. The van der Waals surface area contributed by atoms with Crippen molar-refractivity contribution in [3.63, 3.8) is 0 Å². The SMILES string of the molecule is C=C(C)CC[C@]1(O[Si](CC)(CC)CC)[C@@H](C(=O)C(=C)C)C[C@@H](O[Si](c2ccccc2)(c2ccccc2)C(C)(C)C)C1(C)C. The lowest BCUT2D eigenvalue weighted by Crippen LogP contribution is -2.69. The third-order valence-corrected chi connectivity index (χ3v) is 20.3. The van der Waals surface area contributed by atoms with E-state index in [4.69, 9.17) is 8.85 Å². The molecule has 3 nitrogen and oxygen atoms in total. The molecule has 236 valence electrons. The maximum Gasteiger partial charge on any atom is 0.261 e. The third-order valence-electron chi connectivity index (χ3n) is 10.6. The monoisotopic (exact) mass is 618 g/mol. The van der Waals surface area contributed by atoms with Crippen LogP contribution in [0.2, 0.25) is 23.2 Å². The van der Waals surface area contributed by atoms with Gasteiger partial charge in [-0.1, -0.05) is 128 Å². The van der Waals surface area contributed by atoms with Crippen LogP contribution in [0, 0.1) is 11.3 Å². The van der Waals surface area contributed by atoms with Crippen molar-refractivity contribution >= 4 is 32.8 Å². The molecular formula is C38H58O3Si2. The van der Waals surface area contributed by atoms with E-state index in [0.717, 1.165) is 36.5 Å². The first-order valence-corrected chi connectivity index (χ1v) is 20.8. The van der Waals surface area contributed by atoms with Crippen molar-refractivity contribution in [1.29, 1.82) is 0 Å². The zero-order valence-corrected chi connectivity index (χ0v) is 30.8. The van der Waals surface area contributed by atoms with E-state index in [9.17, 15) is 4.79 Å². The van der Waals surface area contributed by atoms with Gasteiger partial charge in [-0.3, -0.25) is 4.79 Å². The van der Waals surface area contributed by atoms with Crippen LogP contribution in [0.25, 0.3) is 0 Å². The zero-order chi connectivity index (χ0) is 32.3. The van der Waals surface area contributed by atoms with Crippen LogP contribution in [0.15, 0.2) is 85.0 Å². The minimum absolute atomic E-state index is 0.120. The van der Waals surface area contributed by atoms with E-state index in [1.54, 1.807) is 0 Å². The van der Waals surface area contributed by atoms with Gasteiger partial charge in [0.1, 0.15) is 0 Å². The number of Topliss-reactive ketones (excluding diaryl/α,β-unsaturated/α-hetero) is 1. The van der Waals surface area contributed by atoms with Crippen molar-refractivity contribution in [2.75, 3.05) is 0 Å². The summed E-state index contributed by atoms with van der Waals surface area (Å²) in [5, 5.41) is 2.34. The molecule has 0 unspecified atom stereocenters. The van der Waals surface area contributed by atoms with Gasteiger partial charge in [0.15, 0.2) is 14.1 Å². The average molecular weight is 619 g/mol. The minimum Gasteiger partial charge on any atom is -0.410 e. The normalized spacial score (nSPS) is 22.4. The van der Waals surface area contributed by atoms with Crippen molar-refractivity contribution in [2.24, 2.45) is 11.3 Å². The van der Waals surface area contributed by atoms with Gasteiger partial charge in [-0.2, -0.15) is 0 Å². The van der Waals surface area contributed by atoms with Crippen LogP contribution < -0.4 is 10.4 Å². The Morgan fingerprint density at radius 2 is 1.35 bits per heavy atom. The molecule has 1 aliphatic rings. The highest BCUT2D eigenvalue weighted by Crippen LogP contribution is 2.59. The highest BCUT2D eigenvalue weighted by Gasteiger charge is 2.67. The molecule has 1 saturated carbocycles. The lowest BCUT2D eigenvalue weighted by atomic mass is 9.69. The van der Waals surface area contributed by atoms with Gasteiger partial charge in [0.05, 0.1) is 17.6 Å². The Hall–Kier alpha value is -2.06. The predicted molar refractivity (Wildman–Crippen MR) is 189 cm³/mol. The van der Waals surface area contributed by atoms with Crippen LogP contribution >= 0.6 is 0 Å². The summed E-state index contributed by atoms with van der Waals surface area (Å²) in [7, 11) is -5.03. The number of rotatable bonds is 14. The second-order valence-corrected chi connectivity index (χ2v) is 23.6. The molecule has 2 aromatic carbocycles. The van der Waals surface area contributed by atoms with E-state index in [1.807, 2.05) is 6.92 Å². The molecule has 0 amide bonds. The Morgan fingerprint density at radius 3 is 1.72 bits per heavy atom. The summed E-state index contributed by atoms with van der Waals surface area (Å²) < 4.78 is 15.6. The molecule has 43 heavy (non-hydrogen) atoms. The van der Waals surface area contributed by atoms with Gasteiger partial charge in [0.25, 0.3) is 8.32 Å². The highest BCUT2D eigenvalue weighted by atomic mass is 28.4. The van der Waals surface area contributed by atoms with Gasteiger partial charge < -0.3 is 8.85 Å². The smallest absolute Gasteiger partial charge is 0.261 e. The first-order chi connectivity index (χ1) is 20.1. The summed E-state index contributed by atoms with van der Waals surface area (Å²) in [5.41, 5.74) is 0.607. The molecule has 5 heteroatoms. The number of hydrogen-bond acceptors (Lipinski definition) is 3. The van der Waals surface area contributed by atoms with Crippen molar-refractivity contribution < 1.29 is 13.6 Å². The maximum atomic E-state index is 14.3. The van der Waals surface area contributed by atoms with Crippen LogP contribution in [0.4, 0.5) is 0 Å². The molecule has 1 aliphatic carbocycles. The van der Waals surface area contributed by atoms with Crippen molar-refractivity contribution in [2.45, 2.75) is 123 Å². The zero-order valence-electron chi connectivity index (χ0n) is 28.8. The van der Waals surface area contributed by atoms with Crippen molar-refractivity contribution in [3.8, 4) is 0 Å². The predicted octanol–water partition coefficient (Wildman–Crippen LogP) is 9.24. The van der Waals surface area contributed by atoms with E-state index in [2.05, 4.69) is 136 Å². The Labute approximate surface area is 265 Å². The summed E-state index contributed by atoms with van der Waals surface area (Å²) in [6, 6.07) is 24.8. The Kier molecular flexibility index (Phi) is 11.1. The Bertz CT molecular complexity index is 1210. The highest BCUT2D eigenvalue weighted by molar-refractivity contribution is 6.99. The molecule has 1 fully saturated rings. The van der Waals surface area contributed by atoms with E-state index >= 15 is 0 Å². The van der Waals surface area contributed by atoms with Crippen LogP contribution in [0.3, 0.4) is 0 Å². The van der Waals surface area contributed by atoms with Gasteiger partial charge in [0, 0.05) is 5.41 Å². The quantitative estimate of drug-likeness (QED) is 0.120. The molecule has 0 spiro atoms. The summed E-state index contributed by atoms with van der Waals surface area (Å²) in [6.07, 6.45) is 2.02. The number of carbonyl (C=O) groups is 1. The summed E-state index contributed by atoms with van der Waals surface area (Å²) in [4.78, 5) is 14.3. The molecule has 0 saturated heterocycles. The number of hydrogen-bond donors (Lipinski definition) is 0. The summed E-state index contributed by atoms with van der Waals surface area (Å²) in [6.45, 7) is 30.8. The lowest BCUT2D eigenvalue weighted by molar-refractivity contribution is -0.133. The van der Waals surface area contributed by atoms with Gasteiger partial charge >= 0.3 is 0 Å². The summed E-state index contributed by atoms with van der Waals surface area (Å²) in [5.74, 6) is -0.200. The van der Waals surface area contributed by atoms with E-state index in [-0.39, 0.29) is 22.8 Å². The van der Waals surface area contributed by atoms with Crippen LogP contribution in [-0.4, -0.2) is 34.1 Å². The second-order valence-electron chi connectivity index (χ2n) is 14.6. The van der Waals surface area contributed by atoms with Crippen LogP contribution in [0.5, 0.6) is 0 Å². The molecule has 0 aromatic heterocycles. The van der Waals surface area contributed by atoms with Gasteiger partial charge in [-0.15, -0.1) is 6.58 Å². The molecule has 0 aliphatic heterocycles. The standard InChI is InChI=1S/C38H58O3Si2/c1-13-42(14-2,15-3)41-38(27-26-29(4)5)33(35(39)30(6)7)28-34(37(38,11)12)40-43(36(8,9)10,31-22-18-16-19-23-31)32-24-20-17-21-25-32/h16-25,33-34H,4,6,13-15,26-28H2,1-3,5,7-12H3/t33-,34-,38+/m1/s1. The van der Waals surface area contributed by atoms with E-state index in [1.165, 1.54) is 10.4 Å². The maximum absolute atomic E-state index is 14.3. The molecule has 3 rings (SSSR count). The third kappa shape index (κ3) is 6.52. The van der Waals surface area contributed by atoms with Crippen LogP contribution in [-0.2, 0) is 13.6 Å². The Morgan fingerprint density at radius 1 is 0.884 bits per heavy atom. The second kappa shape index (κ2) is 13.5.